The number of nitrogens with one attached hydrogen (secondary N) is 1. The van der Waals surface area contributed by atoms with E-state index in [9.17, 15) is 14.4 Å². The largest absolute Gasteiger partial charge is 0.467 e. The lowest BCUT2D eigenvalue weighted by molar-refractivity contribution is -0.150. The van der Waals surface area contributed by atoms with Gasteiger partial charge in [-0.15, -0.1) is 0 Å². The average Bonchev–Trinajstić information content (AvgIpc) is 3.04. The molecule has 1 aromatic rings. The molecule has 2 atom stereocenters. The zero-order valence-corrected chi connectivity index (χ0v) is 13.2. The number of hydrogen-bond donors (Lipinski definition) is 1. The standard InChI is InChI=1S/C16H20N2O5/c1-22-12-8-13(16(21)23-2)18(10-12)14(19)9-17-15(20)11-6-4-3-5-7-11/h3-7,12-13H,8-10H2,1-2H3,(H,17,20)/t12-,13-/m0/s1. The Balaban J connectivity index is 1.96. The minimum Gasteiger partial charge on any atom is -0.467 e. The molecule has 0 aromatic heterocycles. The van der Waals surface area contributed by atoms with Crippen molar-refractivity contribution in [3.8, 4) is 0 Å². The second kappa shape index (κ2) is 7.73. The van der Waals surface area contributed by atoms with Crippen molar-refractivity contribution < 1.29 is 23.9 Å². The van der Waals surface area contributed by atoms with Crippen molar-refractivity contribution in [2.75, 3.05) is 27.3 Å². The third-order valence-corrected chi connectivity index (χ3v) is 3.83. The van der Waals surface area contributed by atoms with E-state index < -0.39 is 12.0 Å². The Morgan fingerprint density at radius 1 is 1.22 bits per heavy atom. The van der Waals surface area contributed by atoms with Gasteiger partial charge < -0.3 is 19.7 Å². The Morgan fingerprint density at radius 3 is 2.52 bits per heavy atom. The van der Waals surface area contributed by atoms with E-state index in [2.05, 4.69) is 5.32 Å². The van der Waals surface area contributed by atoms with Gasteiger partial charge in [-0.05, 0) is 12.1 Å². The number of benzene rings is 1. The fraction of sp³-hybridized carbons (Fsp3) is 0.438. The Hall–Kier alpha value is -2.41. The molecular weight excluding hydrogens is 300 g/mol. The van der Waals surface area contributed by atoms with Crippen molar-refractivity contribution >= 4 is 17.8 Å². The van der Waals surface area contributed by atoms with Crippen molar-refractivity contribution in [2.45, 2.75) is 18.6 Å². The summed E-state index contributed by atoms with van der Waals surface area (Å²) in [5.74, 6) is -1.16. The maximum Gasteiger partial charge on any atom is 0.328 e. The lowest BCUT2D eigenvalue weighted by Gasteiger charge is -2.22. The van der Waals surface area contributed by atoms with E-state index >= 15 is 0 Å². The number of hydrogen-bond acceptors (Lipinski definition) is 5. The molecular formula is C16H20N2O5. The number of methoxy groups -OCH3 is 2. The molecule has 1 fully saturated rings. The summed E-state index contributed by atoms with van der Waals surface area (Å²) in [6, 6.07) is 7.94. The number of nitrogens with zero attached hydrogens (tertiary/aromatic N) is 1. The van der Waals surface area contributed by atoms with Crippen molar-refractivity contribution in [1.29, 1.82) is 0 Å². The van der Waals surface area contributed by atoms with Crippen molar-refractivity contribution in [2.24, 2.45) is 0 Å². The van der Waals surface area contributed by atoms with Crippen molar-refractivity contribution in [3.05, 3.63) is 35.9 Å². The number of rotatable bonds is 5. The summed E-state index contributed by atoms with van der Waals surface area (Å²) in [7, 11) is 2.81. The highest BCUT2D eigenvalue weighted by molar-refractivity contribution is 5.97. The minimum absolute atomic E-state index is 0.183. The Bertz CT molecular complexity index is 575. The second-order valence-electron chi connectivity index (χ2n) is 5.23. The minimum atomic E-state index is -0.675. The second-order valence-corrected chi connectivity index (χ2v) is 5.23. The predicted octanol–water partition coefficient (Wildman–Crippen LogP) is 0.205. The maximum absolute atomic E-state index is 12.3. The van der Waals surface area contributed by atoms with Crippen LogP contribution in [0.2, 0.25) is 0 Å². The van der Waals surface area contributed by atoms with Crippen LogP contribution in [0.25, 0.3) is 0 Å². The third kappa shape index (κ3) is 4.07. The molecule has 0 aliphatic carbocycles. The number of carbonyl (C=O) groups is 3. The van der Waals surface area contributed by atoms with Gasteiger partial charge >= 0.3 is 5.97 Å². The highest BCUT2D eigenvalue weighted by atomic mass is 16.5. The lowest BCUT2D eigenvalue weighted by Crippen LogP contribution is -2.46. The van der Waals surface area contributed by atoms with E-state index in [4.69, 9.17) is 9.47 Å². The molecule has 0 spiro atoms. The summed E-state index contributed by atoms with van der Waals surface area (Å²) in [6.07, 6.45) is 0.175. The molecule has 1 aromatic carbocycles. The van der Waals surface area contributed by atoms with Crippen LogP contribution in [0, 0.1) is 0 Å². The molecule has 2 rings (SSSR count). The third-order valence-electron chi connectivity index (χ3n) is 3.83. The van der Waals surface area contributed by atoms with Crippen LogP contribution in [0.15, 0.2) is 30.3 Å². The zero-order valence-electron chi connectivity index (χ0n) is 13.2. The smallest absolute Gasteiger partial charge is 0.328 e. The van der Waals surface area contributed by atoms with Crippen LogP contribution in [-0.4, -0.2) is 62.1 Å². The number of ether oxygens (including phenoxy) is 2. The van der Waals surface area contributed by atoms with E-state index in [-0.39, 0.29) is 24.5 Å². The van der Waals surface area contributed by atoms with Gasteiger partial charge in [-0.2, -0.15) is 0 Å². The maximum atomic E-state index is 12.3. The monoisotopic (exact) mass is 320 g/mol. The van der Waals surface area contributed by atoms with Gasteiger partial charge in [-0.1, -0.05) is 18.2 Å². The van der Waals surface area contributed by atoms with E-state index in [1.807, 2.05) is 0 Å². The molecule has 1 saturated heterocycles. The van der Waals surface area contributed by atoms with Gasteiger partial charge in [0, 0.05) is 25.6 Å². The molecule has 2 amide bonds. The molecule has 0 unspecified atom stereocenters. The van der Waals surface area contributed by atoms with Crippen molar-refractivity contribution in [3.63, 3.8) is 0 Å². The van der Waals surface area contributed by atoms with Gasteiger partial charge in [-0.3, -0.25) is 9.59 Å². The summed E-state index contributed by atoms with van der Waals surface area (Å²) < 4.78 is 9.95. The Morgan fingerprint density at radius 2 is 1.91 bits per heavy atom. The van der Waals surface area contributed by atoms with Crippen LogP contribution in [0.5, 0.6) is 0 Å². The van der Waals surface area contributed by atoms with Crippen LogP contribution in [0.3, 0.4) is 0 Å². The Kier molecular flexibility index (Phi) is 5.70. The van der Waals surface area contributed by atoms with E-state index in [1.54, 1.807) is 30.3 Å². The number of amides is 2. The van der Waals surface area contributed by atoms with E-state index in [0.717, 1.165) is 0 Å². The van der Waals surface area contributed by atoms with Crippen LogP contribution >= 0.6 is 0 Å². The highest BCUT2D eigenvalue weighted by Crippen LogP contribution is 2.21. The molecule has 23 heavy (non-hydrogen) atoms. The predicted molar refractivity (Wildman–Crippen MR) is 81.7 cm³/mol. The van der Waals surface area contributed by atoms with Gasteiger partial charge in [0.1, 0.15) is 6.04 Å². The molecule has 0 radical (unpaired) electrons. The quantitative estimate of drug-likeness (QED) is 0.784. The first-order valence-corrected chi connectivity index (χ1v) is 7.30. The molecule has 1 aliphatic heterocycles. The summed E-state index contributed by atoms with van der Waals surface area (Å²) in [5, 5.41) is 2.56. The molecule has 1 aliphatic rings. The zero-order chi connectivity index (χ0) is 16.8. The highest BCUT2D eigenvalue weighted by Gasteiger charge is 2.40. The molecule has 1 heterocycles. The number of likely N-dealkylation sites (tertiary alicyclic amines) is 1. The summed E-state index contributed by atoms with van der Waals surface area (Å²) in [4.78, 5) is 37.5. The topological polar surface area (TPSA) is 84.9 Å². The summed E-state index contributed by atoms with van der Waals surface area (Å²) >= 11 is 0. The molecule has 0 bridgehead atoms. The van der Waals surface area contributed by atoms with E-state index in [0.29, 0.717) is 18.5 Å². The van der Waals surface area contributed by atoms with Gasteiger partial charge in [0.25, 0.3) is 5.91 Å². The molecule has 7 nitrogen and oxygen atoms in total. The number of esters is 1. The SMILES string of the molecule is COC(=O)[C@@H]1C[C@H](OC)CN1C(=O)CNC(=O)c1ccccc1. The van der Waals surface area contributed by atoms with Crippen LogP contribution in [0.1, 0.15) is 16.8 Å². The average molecular weight is 320 g/mol. The first-order chi connectivity index (χ1) is 11.1. The van der Waals surface area contributed by atoms with Crippen LogP contribution < -0.4 is 5.32 Å². The lowest BCUT2D eigenvalue weighted by atomic mass is 10.2. The van der Waals surface area contributed by atoms with Gasteiger partial charge in [0.2, 0.25) is 5.91 Å². The molecule has 7 heteroatoms. The Labute approximate surface area is 134 Å². The summed E-state index contributed by atoms with van der Waals surface area (Å²) in [6.45, 7) is 0.119. The van der Waals surface area contributed by atoms with Gasteiger partial charge in [-0.25, -0.2) is 4.79 Å². The molecule has 0 saturated carbocycles. The number of carbonyl (C=O) groups excluding carboxylic acids is 3. The fourth-order valence-electron chi connectivity index (χ4n) is 2.55. The molecule has 124 valence electrons. The fourth-order valence-corrected chi connectivity index (χ4v) is 2.55. The van der Waals surface area contributed by atoms with Crippen molar-refractivity contribution in [1.82, 2.24) is 10.2 Å². The first kappa shape index (κ1) is 17.0. The van der Waals surface area contributed by atoms with Gasteiger partial charge in [0.05, 0.1) is 19.8 Å². The summed E-state index contributed by atoms with van der Waals surface area (Å²) in [5.41, 5.74) is 0.473. The normalized spacial score (nSPS) is 20.2. The first-order valence-electron chi connectivity index (χ1n) is 7.30. The van der Waals surface area contributed by atoms with Gasteiger partial charge in [0.15, 0.2) is 0 Å². The molecule has 1 N–H and O–H groups in total. The van der Waals surface area contributed by atoms with Crippen LogP contribution in [0.4, 0.5) is 0 Å². The van der Waals surface area contributed by atoms with E-state index in [1.165, 1.54) is 19.1 Å². The van der Waals surface area contributed by atoms with Crippen LogP contribution in [-0.2, 0) is 19.1 Å².